The first-order chi connectivity index (χ1) is 12.2. The van der Waals surface area contributed by atoms with Gasteiger partial charge in [0.05, 0.1) is 11.4 Å². The minimum atomic E-state index is -4.90. The zero-order valence-electron chi connectivity index (χ0n) is 14.1. The van der Waals surface area contributed by atoms with Crippen LogP contribution in [-0.4, -0.2) is 55.5 Å². The fourth-order valence-electron chi connectivity index (χ4n) is 3.36. The molecule has 140 valence electrons. The Morgan fingerprint density at radius 3 is 2.23 bits per heavy atom. The number of alkyl halides is 3. The molecule has 0 saturated carbocycles. The SMILES string of the molecule is CN1C(=O)CN(C(=O)C2CCN(C(=O)C(F)(F)F)CC2)c2ccccc21. The van der Waals surface area contributed by atoms with Gasteiger partial charge in [-0.15, -0.1) is 0 Å². The summed E-state index contributed by atoms with van der Waals surface area (Å²) < 4.78 is 37.6. The number of carbonyl (C=O) groups is 3. The molecule has 0 unspecified atom stereocenters. The Kier molecular flexibility index (Phi) is 4.64. The topological polar surface area (TPSA) is 60.9 Å². The summed E-state index contributed by atoms with van der Waals surface area (Å²) in [4.78, 5) is 39.9. The van der Waals surface area contributed by atoms with Crippen molar-refractivity contribution in [3.63, 3.8) is 0 Å². The van der Waals surface area contributed by atoms with Crippen molar-refractivity contribution < 1.29 is 27.6 Å². The summed E-state index contributed by atoms with van der Waals surface area (Å²) in [6.07, 6.45) is -4.62. The predicted octanol–water partition coefficient (Wildman–Crippen LogP) is 1.80. The summed E-state index contributed by atoms with van der Waals surface area (Å²) in [5, 5.41) is 0. The van der Waals surface area contributed by atoms with Gasteiger partial charge in [-0.3, -0.25) is 14.4 Å². The Labute approximate surface area is 148 Å². The zero-order valence-corrected chi connectivity index (χ0v) is 14.1. The van der Waals surface area contributed by atoms with Crippen LogP contribution in [0.5, 0.6) is 0 Å². The third-order valence-electron chi connectivity index (χ3n) is 4.84. The fraction of sp³-hybridized carbons (Fsp3) is 0.471. The van der Waals surface area contributed by atoms with Crippen LogP contribution >= 0.6 is 0 Å². The highest BCUT2D eigenvalue weighted by Crippen LogP contribution is 2.34. The molecule has 2 aliphatic rings. The van der Waals surface area contributed by atoms with Gasteiger partial charge in [0.15, 0.2) is 0 Å². The summed E-state index contributed by atoms with van der Waals surface area (Å²) in [6.45, 7) is -0.357. The molecule has 0 bridgehead atoms. The number of likely N-dealkylation sites (N-methyl/N-ethyl adjacent to an activating group) is 1. The number of carbonyl (C=O) groups excluding carboxylic acids is 3. The van der Waals surface area contributed by atoms with Crippen molar-refractivity contribution in [3.05, 3.63) is 24.3 Å². The lowest BCUT2D eigenvalue weighted by Gasteiger charge is -2.38. The Bertz CT molecular complexity index is 742. The summed E-state index contributed by atoms with van der Waals surface area (Å²) in [5.74, 6) is -2.92. The molecule has 2 heterocycles. The van der Waals surface area contributed by atoms with Crippen LogP contribution in [0.1, 0.15) is 12.8 Å². The second-order valence-electron chi connectivity index (χ2n) is 6.43. The second kappa shape index (κ2) is 6.62. The third-order valence-corrected chi connectivity index (χ3v) is 4.84. The molecule has 1 saturated heterocycles. The Morgan fingerprint density at radius 1 is 1.08 bits per heavy atom. The number of hydrogen-bond donors (Lipinski definition) is 0. The first-order valence-corrected chi connectivity index (χ1v) is 8.23. The number of halogens is 3. The van der Waals surface area contributed by atoms with E-state index in [-0.39, 0.29) is 44.3 Å². The standard InChI is InChI=1S/C17H18F3N3O3/c1-21-12-4-2-3-5-13(12)23(10-14(21)24)15(25)11-6-8-22(9-7-11)16(26)17(18,19)20/h2-5,11H,6-10H2,1H3. The van der Waals surface area contributed by atoms with Gasteiger partial charge in [-0.1, -0.05) is 12.1 Å². The van der Waals surface area contributed by atoms with Gasteiger partial charge in [0.25, 0.3) is 0 Å². The van der Waals surface area contributed by atoms with E-state index >= 15 is 0 Å². The number of anilines is 2. The van der Waals surface area contributed by atoms with E-state index in [1.54, 1.807) is 31.3 Å². The molecule has 6 nitrogen and oxygen atoms in total. The van der Waals surface area contributed by atoms with Crippen LogP contribution in [-0.2, 0) is 14.4 Å². The van der Waals surface area contributed by atoms with Crippen LogP contribution in [0.2, 0.25) is 0 Å². The van der Waals surface area contributed by atoms with Gasteiger partial charge < -0.3 is 14.7 Å². The van der Waals surface area contributed by atoms with E-state index in [9.17, 15) is 27.6 Å². The molecule has 2 aliphatic heterocycles. The van der Waals surface area contributed by atoms with Crippen molar-refractivity contribution in [1.29, 1.82) is 0 Å². The van der Waals surface area contributed by atoms with Crippen molar-refractivity contribution in [1.82, 2.24) is 4.90 Å². The number of fused-ring (bicyclic) bond motifs is 1. The van der Waals surface area contributed by atoms with E-state index in [2.05, 4.69) is 0 Å². The van der Waals surface area contributed by atoms with Crippen LogP contribution in [0.3, 0.4) is 0 Å². The van der Waals surface area contributed by atoms with Gasteiger partial charge in [-0.25, -0.2) is 0 Å². The van der Waals surface area contributed by atoms with E-state index in [1.807, 2.05) is 0 Å². The average Bonchev–Trinajstić information content (AvgIpc) is 2.63. The van der Waals surface area contributed by atoms with Crippen LogP contribution in [0.4, 0.5) is 24.5 Å². The van der Waals surface area contributed by atoms with E-state index in [0.717, 1.165) is 4.90 Å². The van der Waals surface area contributed by atoms with Crippen molar-refractivity contribution in [2.45, 2.75) is 19.0 Å². The molecule has 3 rings (SSSR count). The molecule has 0 atom stereocenters. The van der Waals surface area contributed by atoms with E-state index in [4.69, 9.17) is 0 Å². The number of hydrogen-bond acceptors (Lipinski definition) is 3. The lowest BCUT2D eigenvalue weighted by Crippen LogP contribution is -2.51. The predicted molar refractivity (Wildman–Crippen MR) is 87.6 cm³/mol. The molecule has 0 aliphatic carbocycles. The maximum Gasteiger partial charge on any atom is 0.471 e. The monoisotopic (exact) mass is 369 g/mol. The minimum absolute atomic E-state index is 0.103. The molecule has 3 amide bonds. The van der Waals surface area contributed by atoms with Crippen LogP contribution in [0, 0.1) is 5.92 Å². The quantitative estimate of drug-likeness (QED) is 0.758. The number of benzene rings is 1. The van der Waals surface area contributed by atoms with Crippen LogP contribution in [0.15, 0.2) is 24.3 Å². The molecular weight excluding hydrogens is 351 g/mol. The molecule has 0 N–H and O–H groups in total. The maximum absolute atomic E-state index is 12.9. The number of likely N-dealkylation sites (tertiary alicyclic amines) is 1. The number of amides is 3. The molecule has 0 radical (unpaired) electrons. The highest BCUT2D eigenvalue weighted by Gasteiger charge is 2.44. The Hall–Kier alpha value is -2.58. The first kappa shape index (κ1) is 18.2. The molecule has 1 aromatic rings. The number of rotatable bonds is 1. The van der Waals surface area contributed by atoms with E-state index in [0.29, 0.717) is 11.4 Å². The van der Waals surface area contributed by atoms with Crippen LogP contribution < -0.4 is 9.80 Å². The first-order valence-electron chi connectivity index (χ1n) is 8.23. The Morgan fingerprint density at radius 2 is 1.65 bits per heavy atom. The fourth-order valence-corrected chi connectivity index (χ4v) is 3.36. The minimum Gasteiger partial charge on any atom is -0.335 e. The van der Waals surface area contributed by atoms with Gasteiger partial charge in [-0.2, -0.15) is 13.2 Å². The van der Waals surface area contributed by atoms with Crippen molar-refractivity contribution >= 4 is 29.1 Å². The number of nitrogens with zero attached hydrogens (tertiary/aromatic N) is 3. The lowest BCUT2D eigenvalue weighted by atomic mass is 9.94. The summed E-state index contributed by atoms with van der Waals surface area (Å²) in [7, 11) is 1.63. The van der Waals surface area contributed by atoms with Gasteiger partial charge in [0.2, 0.25) is 11.8 Å². The van der Waals surface area contributed by atoms with Gasteiger partial charge >= 0.3 is 12.1 Å². The van der Waals surface area contributed by atoms with Gasteiger partial charge in [0.1, 0.15) is 6.54 Å². The van der Waals surface area contributed by atoms with Crippen molar-refractivity contribution in [2.75, 3.05) is 36.5 Å². The zero-order chi connectivity index (χ0) is 19.1. The van der Waals surface area contributed by atoms with E-state index < -0.39 is 18.0 Å². The van der Waals surface area contributed by atoms with Crippen LogP contribution in [0.25, 0.3) is 0 Å². The average molecular weight is 369 g/mol. The summed E-state index contributed by atoms with van der Waals surface area (Å²) in [5.41, 5.74) is 1.22. The van der Waals surface area contributed by atoms with Crippen molar-refractivity contribution in [3.8, 4) is 0 Å². The second-order valence-corrected chi connectivity index (χ2v) is 6.43. The van der Waals surface area contributed by atoms with Gasteiger partial charge in [-0.05, 0) is 25.0 Å². The highest BCUT2D eigenvalue weighted by molar-refractivity contribution is 6.11. The largest absolute Gasteiger partial charge is 0.471 e. The van der Waals surface area contributed by atoms with Gasteiger partial charge in [0, 0.05) is 26.1 Å². The molecule has 0 spiro atoms. The van der Waals surface area contributed by atoms with E-state index in [1.165, 1.54) is 9.80 Å². The highest BCUT2D eigenvalue weighted by atomic mass is 19.4. The maximum atomic E-state index is 12.9. The summed E-state index contributed by atoms with van der Waals surface area (Å²) in [6, 6.07) is 6.99. The molecule has 9 heteroatoms. The third kappa shape index (κ3) is 3.25. The normalized spacial score (nSPS) is 18.8. The number of para-hydroxylation sites is 2. The lowest BCUT2D eigenvalue weighted by molar-refractivity contribution is -0.186. The Balaban J connectivity index is 1.72. The van der Waals surface area contributed by atoms with Crippen molar-refractivity contribution in [2.24, 2.45) is 5.92 Å². The smallest absolute Gasteiger partial charge is 0.335 e. The molecule has 0 aromatic heterocycles. The molecule has 1 fully saturated rings. The summed E-state index contributed by atoms with van der Waals surface area (Å²) >= 11 is 0. The molecular formula is C17H18F3N3O3. The molecule has 26 heavy (non-hydrogen) atoms. The number of piperidine rings is 1. The molecule has 1 aromatic carbocycles.